The van der Waals surface area contributed by atoms with Gasteiger partial charge in [0.15, 0.2) is 0 Å². The van der Waals surface area contributed by atoms with Crippen molar-refractivity contribution in [3.05, 3.63) is 60.2 Å². The average Bonchev–Trinajstić information content (AvgIpc) is 2.88. The monoisotopic (exact) mass is 449 g/mol. The summed E-state index contributed by atoms with van der Waals surface area (Å²) in [7, 11) is 0. The molecular formula is C27H35N3O3. The maximum absolute atomic E-state index is 13.4. The van der Waals surface area contributed by atoms with Crippen LogP contribution < -0.4 is 9.80 Å². The lowest BCUT2D eigenvalue weighted by Crippen LogP contribution is -2.46. The molecule has 0 bridgehead atoms. The molecule has 0 N–H and O–H groups in total. The maximum atomic E-state index is 13.4. The molecular weight excluding hydrogens is 414 g/mol. The third-order valence-electron chi connectivity index (χ3n) is 5.69. The highest BCUT2D eigenvalue weighted by molar-refractivity contribution is 6.12. The van der Waals surface area contributed by atoms with E-state index in [4.69, 9.17) is 0 Å². The molecule has 2 aromatic carbocycles. The number of anilines is 2. The van der Waals surface area contributed by atoms with E-state index in [0.717, 1.165) is 0 Å². The van der Waals surface area contributed by atoms with Crippen molar-refractivity contribution in [2.45, 2.75) is 34.6 Å². The Balaban J connectivity index is 1.96. The van der Waals surface area contributed by atoms with E-state index in [1.807, 2.05) is 54.3 Å². The molecule has 0 fully saturated rings. The van der Waals surface area contributed by atoms with Crippen molar-refractivity contribution in [2.24, 2.45) is 17.8 Å². The molecule has 0 spiro atoms. The van der Waals surface area contributed by atoms with E-state index in [-0.39, 0.29) is 30.8 Å². The molecule has 0 aromatic heterocycles. The summed E-state index contributed by atoms with van der Waals surface area (Å²) in [5, 5.41) is 0. The van der Waals surface area contributed by atoms with E-state index in [2.05, 4.69) is 27.7 Å². The number of nitrogens with zero attached hydrogens (tertiary/aromatic N) is 3. The van der Waals surface area contributed by atoms with Crippen LogP contribution in [-0.2, 0) is 9.59 Å². The van der Waals surface area contributed by atoms with Crippen molar-refractivity contribution in [3.63, 3.8) is 0 Å². The first-order valence-electron chi connectivity index (χ1n) is 11.7. The van der Waals surface area contributed by atoms with Crippen LogP contribution in [0.4, 0.5) is 11.4 Å². The van der Waals surface area contributed by atoms with Gasteiger partial charge in [-0.2, -0.15) is 0 Å². The average molecular weight is 450 g/mol. The molecule has 6 heteroatoms. The van der Waals surface area contributed by atoms with Gasteiger partial charge in [-0.25, -0.2) is 0 Å². The summed E-state index contributed by atoms with van der Waals surface area (Å²) in [6.07, 6.45) is 0. The third kappa shape index (κ3) is 5.81. The summed E-state index contributed by atoms with van der Waals surface area (Å²) < 4.78 is 0. The number of hydrogen-bond donors (Lipinski definition) is 0. The molecule has 1 heterocycles. The number of rotatable bonds is 7. The van der Waals surface area contributed by atoms with E-state index in [9.17, 15) is 14.4 Å². The van der Waals surface area contributed by atoms with Gasteiger partial charge in [-0.05, 0) is 36.1 Å². The molecule has 3 rings (SSSR count). The molecule has 0 saturated heterocycles. The van der Waals surface area contributed by atoms with Crippen molar-refractivity contribution >= 4 is 29.1 Å². The van der Waals surface area contributed by atoms with Crippen molar-refractivity contribution in [3.8, 4) is 0 Å². The Hall–Kier alpha value is -3.15. The second-order valence-corrected chi connectivity index (χ2v) is 9.68. The normalized spacial score (nSPS) is 16.1. The van der Waals surface area contributed by atoms with Gasteiger partial charge in [0.1, 0.15) is 6.54 Å². The number of fused-ring (bicyclic) bond motifs is 1. The molecule has 2 aromatic rings. The van der Waals surface area contributed by atoms with Crippen LogP contribution in [0, 0.1) is 17.8 Å². The van der Waals surface area contributed by atoms with Crippen molar-refractivity contribution < 1.29 is 14.4 Å². The van der Waals surface area contributed by atoms with Gasteiger partial charge in [0.25, 0.3) is 5.91 Å². The summed E-state index contributed by atoms with van der Waals surface area (Å²) in [5.74, 6) is -0.155. The lowest BCUT2D eigenvalue weighted by molar-refractivity contribution is -0.132. The standard InChI is InChI=1S/C27H35N3O3/c1-19(2)15-28(16-20(3)4)25(31)18-30-24-14-10-9-13-23(24)29(17-21(5)26(30)32)27(33)22-11-7-6-8-12-22/h6-14,19-21H,15-18H2,1-5H3. The highest BCUT2D eigenvalue weighted by atomic mass is 16.2. The molecule has 0 radical (unpaired) electrons. The molecule has 3 amide bonds. The van der Waals surface area contributed by atoms with Gasteiger partial charge in [0.05, 0.1) is 17.3 Å². The Bertz CT molecular complexity index is 977. The second kappa shape index (κ2) is 10.6. The second-order valence-electron chi connectivity index (χ2n) is 9.68. The van der Waals surface area contributed by atoms with Crippen LogP contribution in [0.25, 0.3) is 0 Å². The van der Waals surface area contributed by atoms with Crippen molar-refractivity contribution in [1.29, 1.82) is 0 Å². The number of hydrogen-bond acceptors (Lipinski definition) is 3. The summed E-state index contributed by atoms with van der Waals surface area (Å²) in [6, 6.07) is 16.4. The summed E-state index contributed by atoms with van der Waals surface area (Å²) >= 11 is 0. The van der Waals surface area contributed by atoms with E-state index in [1.165, 1.54) is 0 Å². The van der Waals surface area contributed by atoms with Crippen molar-refractivity contribution in [1.82, 2.24) is 4.90 Å². The Morgan fingerprint density at radius 2 is 1.45 bits per heavy atom. The molecule has 0 saturated carbocycles. The first kappa shape index (κ1) is 24.5. The summed E-state index contributed by atoms with van der Waals surface area (Å²) in [6.45, 7) is 11.7. The van der Waals surface area contributed by atoms with Gasteiger partial charge in [-0.3, -0.25) is 14.4 Å². The number of carbonyl (C=O) groups is 3. The van der Waals surface area contributed by atoms with E-state index in [0.29, 0.717) is 41.9 Å². The van der Waals surface area contributed by atoms with Crippen molar-refractivity contribution in [2.75, 3.05) is 36.0 Å². The van der Waals surface area contributed by atoms with E-state index < -0.39 is 5.92 Å². The van der Waals surface area contributed by atoms with Gasteiger partial charge in [-0.1, -0.05) is 65.0 Å². The Kier molecular flexibility index (Phi) is 7.90. The van der Waals surface area contributed by atoms with Crippen LogP contribution in [-0.4, -0.2) is 48.8 Å². The molecule has 0 aliphatic carbocycles. The number of carbonyl (C=O) groups excluding carboxylic acids is 3. The lowest BCUT2D eigenvalue weighted by atomic mass is 10.1. The minimum Gasteiger partial charge on any atom is -0.341 e. The largest absolute Gasteiger partial charge is 0.341 e. The fourth-order valence-corrected chi connectivity index (χ4v) is 4.24. The Labute approximate surface area is 197 Å². The highest BCUT2D eigenvalue weighted by Gasteiger charge is 2.35. The molecule has 6 nitrogen and oxygen atoms in total. The molecule has 1 atom stereocenters. The van der Waals surface area contributed by atoms with Crippen LogP contribution in [0.15, 0.2) is 54.6 Å². The minimum atomic E-state index is -0.443. The zero-order valence-electron chi connectivity index (χ0n) is 20.3. The molecule has 1 aliphatic rings. The number of benzene rings is 2. The third-order valence-corrected chi connectivity index (χ3v) is 5.69. The zero-order chi connectivity index (χ0) is 24.1. The van der Waals surface area contributed by atoms with Gasteiger partial charge in [0.2, 0.25) is 11.8 Å². The predicted molar refractivity (Wildman–Crippen MR) is 132 cm³/mol. The van der Waals surface area contributed by atoms with Crippen LogP contribution in [0.3, 0.4) is 0 Å². The van der Waals surface area contributed by atoms with Gasteiger partial charge in [0, 0.05) is 25.2 Å². The predicted octanol–water partition coefficient (Wildman–Crippen LogP) is 4.46. The smallest absolute Gasteiger partial charge is 0.258 e. The van der Waals surface area contributed by atoms with Gasteiger partial charge >= 0.3 is 0 Å². The van der Waals surface area contributed by atoms with Crippen LogP contribution in [0.5, 0.6) is 0 Å². The molecule has 1 unspecified atom stereocenters. The highest BCUT2D eigenvalue weighted by Crippen LogP contribution is 2.35. The van der Waals surface area contributed by atoms with E-state index >= 15 is 0 Å². The van der Waals surface area contributed by atoms with Gasteiger partial charge in [-0.15, -0.1) is 0 Å². The first-order valence-corrected chi connectivity index (χ1v) is 11.7. The number of para-hydroxylation sites is 2. The zero-order valence-corrected chi connectivity index (χ0v) is 20.3. The summed E-state index contributed by atoms with van der Waals surface area (Å²) in [4.78, 5) is 45.2. The SMILES string of the molecule is CC(C)CN(CC(C)C)C(=O)CN1C(=O)C(C)CN(C(=O)c2ccccc2)c2ccccc21. The Morgan fingerprint density at radius 1 is 0.909 bits per heavy atom. The molecule has 33 heavy (non-hydrogen) atoms. The number of amides is 3. The first-order chi connectivity index (χ1) is 15.7. The lowest BCUT2D eigenvalue weighted by Gasteiger charge is -2.30. The quantitative estimate of drug-likeness (QED) is 0.627. The van der Waals surface area contributed by atoms with Crippen LogP contribution >= 0.6 is 0 Å². The molecule has 1 aliphatic heterocycles. The molecule has 176 valence electrons. The van der Waals surface area contributed by atoms with E-state index in [1.54, 1.807) is 21.9 Å². The fourth-order valence-electron chi connectivity index (χ4n) is 4.24. The fraction of sp³-hybridized carbons (Fsp3) is 0.444. The van der Waals surface area contributed by atoms with Gasteiger partial charge < -0.3 is 14.7 Å². The maximum Gasteiger partial charge on any atom is 0.258 e. The van der Waals surface area contributed by atoms with Crippen LogP contribution in [0.1, 0.15) is 45.0 Å². The van der Waals surface area contributed by atoms with Crippen LogP contribution in [0.2, 0.25) is 0 Å². The topological polar surface area (TPSA) is 60.9 Å². The Morgan fingerprint density at radius 3 is 2.03 bits per heavy atom. The minimum absolute atomic E-state index is 0.0347. The summed E-state index contributed by atoms with van der Waals surface area (Å²) in [5.41, 5.74) is 1.81.